The second kappa shape index (κ2) is 5.48. The van der Waals surface area contributed by atoms with Gasteiger partial charge in [-0.2, -0.15) is 0 Å². The molecule has 0 saturated carbocycles. The zero-order chi connectivity index (χ0) is 13.1. The number of carbonyl (C=O) groups excluding carboxylic acids is 1. The average molecular weight is 310 g/mol. The molecule has 0 aliphatic heterocycles. The van der Waals surface area contributed by atoms with Crippen LogP contribution in [0.2, 0.25) is 0 Å². The van der Waals surface area contributed by atoms with Crippen LogP contribution in [0.5, 0.6) is 0 Å². The molecule has 0 N–H and O–H groups in total. The molecule has 0 saturated heterocycles. The van der Waals surface area contributed by atoms with Gasteiger partial charge in [0.15, 0.2) is 5.78 Å². The highest BCUT2D eigenvalue weighted by Crippen LogP contribution is 2.25. The van der Waals surface area contributed by atoms with Gasteiger partial charge in [-0.1, -0.05) is 28.1 Å². The predicted octanol–water partition coefficient (Wildman–Crippen LogP) is 3.89. The van der Waals surface area contributed by atoms with Gasteiger partial charge in [0.2, 0.25) is 0 Å². The summed E-state index contributed by atoms with van der Waals surface area (Å²) in [6.07, 6.45) is 3.76. The normalized spacial score (nSPS) is 10.6. The maximum atomic E-state index is 12.9. The molecular formula is C14H13BrFNO. The summed E-state index contributed by atoms with van der Waals surface area (Å²) < 4.78 is 14.9. The first-order chi connectivity index (χ1) is 8.61. The van der Waals surface area contributed by atoms with Gasteiger partial charge in [0, 0.05) is 35.4 Å². The first-order valence-corrected chi connectivity index (χ1v) is 6.76. The third-order valence-electron chi connectivity index (χ3n) is 2.76. The minimum atomic E-state index is -0.275. The van der Waals surface area contributed by atoms with E-state index in [0.29, 0.717) is 5.56 Å². The monoisotopic (exact) mass is 309 g/mol. The first kappa shape index (κ1) is 13.0. The van der Waals surface area contributed by atoms with Crippen molar-refractivity contribution in [3.8, 4) is 11.1 Å². The number of ketones is 1. The molecule has 0 spiro atoms. The Morgan fingerprint density at radius 1 is 1.28 bits per heavy atom. The fourth-order valence-electron chi connectivity index (χ4n) is 1.87. The van der Waals surface area contributed by atoms with Gasteiger partial charge in [0.05, 0.1) is 0 Å². The van der Waals surface area contributed by atoms with Gasteiger partial charge in [-0.25, -0.2) is 4.39 Å². The van der Waals surface area contributed by atoms with Crippen LogP contribution in [-0.4, -0.2) is 15.7 Å². The average Bonchev–Trinajstić information content (AvgIpc) is 2.75. The van der Waals surface area contributed by atoms with E-state index in [1.807, 2.05) is 17.0 Å². The largest absolute Gasteiger partial charge is 0.352 e. The number of Topliss-reactive ketones (excluding diaryl/α,β-unsaturated/α-hetero) is 1. The molecule has 0 aliphatic carbocycles. The minimum Gasteiger partial charge on any atom is -0.352 e. The molecule has 0 amide bonds. The molecule has 0 bridgehead atoms. The highest BCUT2D eigenvalue weighted by molar-refractivity contribution is 9.09. The second-order valence-electron chi connectivity index (χ2n) is 4.08. The van der Waals surface area contributed by atoms with Gasteiger partial charge >= 0.3 is 0 Å². The molecule has 2 rings (SSSR count). The number of benzene rings is 1. The highest BCUT2D eigenvalue weighted by atomic mass is 79.9. The molecule has 2 nitrogen and oxygen atoms in total. The molecule has 0 radical (unpaired) electrons. The maximum Gasteiger partial charge on any atom is 0.161 e. The molecule has 0 unspecified atom stereocenters. The van der Waals surface area contributed by atoms with Crippen molar-refractivity contribution < 1.29 is 9.18 Å². The van der Waals surface area contributed by atoms with Crippen molar-refractivity contribution in [2.75, 3.05) is 5.33 Å². The number of hydrogen-bond donors (Lipinski definition) is 0. The van der Waals surface area contributed by atoms with Gasteiger partial charge in [0.1, 0.15) is 5.82 Å². The van der Waals surface area contributed by atoms with Crippen molar-refractivity contribution in [1.29, 1.82) is 0 Å². The lowest BCUT2D eigenvalue weighted by molar-refractivity contribution is 0.101. The van der Waals surface area contributed by atoms with E-state index in [2.05, 4.69) is 15.9 Å². The Bertz CT molecular complexity index is 560. The standard InChI is InChI=1S/C14H13BrFNO/c1-10(18)13-8-17(7-6-15)9-14(13)11-2-4-12(16)5-3-11/h2-5,8-9H,6-7H2,1H3. The number of alkyl halides is 1. The number of aromatic nitrogens is 1. The molecule has 1 aromatic carbocycles. The summed E-state index contributed by atoms with van der Waals surface area (Å²) in [5.41, 5.74) is 2.38. The summed E-state index contributed by atoms with van der Waals surface area (Å²) in [5.74, 6) is -0.259. The molecule has 1 aromatic heterocycles. The van der Waals surface area contributed by atoms with Gasteiger partial charge in [0.25, 0.3) is 0 Å². The minimum absolute atomic E-state index is 0.0163. The highest BCUT2D eigenvalue weighted by Gasteiger charge is 2.12. The summed E-state index contributed by atoms with van der Waals surface area (Å²) >= 11 is 3.37. The third kappa shape index (κ3) is 2.70. The first-order valence-electron chi connectivity index (χ1n) is 5.64. The van der Waals surface area contributed by atoms with Crippen molar-refractivity contribution in [2.24, 2.45) is 0 Å². The Morgan fingerprint density at radius 2 is 1.94 bits per heavy atom. The Hall–Kier alpha value is -1.42. The molecule has 0 aliphatic rings. The topological polar surface area (TPSA) is 22.0 Å². The molecular weight excluding hydrogens is 297 g/mol. The van der Waals surface area contributed by atoms with Crippen LogP contribution in [0.15, 0.2) is 36.7 Å². The smallest absolute Gasteiger partial charge is 0.161 e. The molecule has 0 fully saturated rings. The van der Waals surface area contributed by atoms with E-state index in [1.165, 1.54) is 12.1 Å². The number of rotatable bonds is 4. The fourth-order valence-corrected chi connectivity index (χ4v) is 2.28. The van der Waals surface area contributed by atoms with Crippen LogP contribution in [0.3, 0.4) is 0 Å². The summed E-state index contributed by atoms with van der Waals surface area (Å²) in [6, 6.07) is 6.19. The van der Waals surface area contributed by atoms with E-state index in [0.717, 1.165) is 23.0 Å². The van der Waals surface area contributed by atoms with E-state index in [-0.39, 0.29) is 11.6 Å². The van der Waals surface area contributed by atoms with Crippen molar-refractivity contribution in [1.82, 2.24) is 4.57 Å². The van der Waals surface area contributed by atoms with Crippen LogP contribution in [0.1, 0.15) is 17.3 Å². The predicted molar refractivity (Wildman–Crippen MR) is 73.6 cm³/mol. The zero-order valence-corrected chi connectivity index (χ0v) is 11.6. The van der Waals surface area contributed by atoms with E-state index in [1.54, 1.807) is 19.1 Å². The summed E-state index contributed by atoms with van der Waals surface area (Å²) in [6.45, 7) is 2.34. The lowest BCUT2D eigenvalue weighted by Crippen LogP contribution is -1.95. The van der Waals surface area contributed by atoms with Crippen LogP contribution in [-0.2, 0) is 6.54 Å². The van der Waals surface area contributed by atoms with Crippen molar-refractivity contribution in [2.45, 2.75) is 13.5 Å². The number of aryl methyl sites for hydroxylation is 1. The molecule has 18 heavy (non-hydrogen) atoms. The molecule has 4 heteroatoms. The van der Waals surface area contributed by atoms with Gasteiger partial charge in [-0.15, -0.1) is 0 Å². The SMILES string of the molecule is CC(=O)c1cn(CCBr)cc1-c1ccc(F)cc1. The van der Waals surface area contributed by atoms with Crippen LogP contribution < -0.4 is 0 Å². The van der Waals surface area contributed by atoms with Gasteiger partial charge in [-0.3, -0.25) is 4.79 Å². The van der Waals surface area contributed by atoms with E-state index in [4.69, 9.17) is 0 Å². The van der Waals surface area contributed by atoms with E-state index >= 15 is 0 Å². The second-order valence-corrected chi connectivity index (χ2v) is 4.87. The molecule has 94 valence electrons. The van der Waals surface area contributed by atoms with Crippen molar-refractivity contribution >= 4 is 21.7 Å². The number of halogens is 2. The number of carbonyl (C=O) groups is 1. The third-order valence-corrected chi connectivity index (χ3v) is 3.11. The maximum absolute atomic E-state index is 12.9. The number of nitrogens with zero attached hydrogens (tertiary/aromatic N) is 1. The summed E-state index contributed by atoms with van der Waals surface area (Å²) in [4.78, 5) is 11.6. The van der Waals surface area contributed by atoms with E-state index in [9.17, 15) is 9.18 Å². The fraction of sp³-hybridized carbons (Fsp3) is 0.214. The quantitative estimate of drug-likeness (QED) is 0.620. The molecule has 1 heterocycles. The molecule has 2 aromatic rings. The number of hydrogen-bond acceptors (Lipinski definition) is 1. The Labute approximate surface area is 114 Å². The van der Waals surface area contributed by atoms with Crippen LogP contribution >= 0.6 is 15.9 Å². The lowest BCUT2D eigenvalue weighted by atomic mass is 10.0. The summed E-state index contributed by atoms with van der Waals surface area (Å²) in [5, 5.41) is 0.821. The van der Waals surface area contributed by atoms with Gasteiger partial charge in [-0.05, 0) is 24.6 Å². The summed E-state index contributed by atoms with van der Waals surface area (Å²) in [7, 11) is 0. The van der Waals surface area contributed by atoms with Crippen molar-refractivity contribution in [3.05, 3.63) is 48.0 Å². The van der Waals surface area contributed by atoms with Gasteiger partial charge < -0.3 is 4.57 Å². The van der Waals surface area contributed by atoms with Crippen LogP contribution in [0.4, 0.5) is 4.39 Å². The lowest BCUT2D eigenvalue weighted by Gasteiger charge is -2.00. The zero-order valence-electron chi connectivity index (χ0n) is 9.99. The van der Waals surface area contributed by atoms with E-state index < -0.39 is 0 Å². The molecule has 0 atom stereocenters. The Kier molecular flexibility index (Phi) is 3.97. The van der Waals surface area contributed by atoms with Crippen LogP contribution in [0, 0.1) is 5.82 Å². The van der Waals surface area contributed by atoms with Crippen LogP contribution in [0.25, 0.3) is 11.1 Å². The van der Waals surface area contributed by atoms with Crippen molar-refractivity contribution in [3.63, 3.8) is 0 Å². The Balaban J connectivity index is 2.47. The Morgan fingerprint density at radius 3 is 2.50 bits per heavy atom.